The van der Waals surface area contributed by atoms with Gasteiger partial charge >= 0.3 is 5.97 Å². The molecule has 0 N–H and O–H groups in total. The molecule has 2 aromatic rings. The second-order valence-electron chi connectivity index (χ2n) is 4.98. The molecule has 0 fully saturated rings. The van der Waals surface area contributed by atoms with Crippen LogP contribution in [0, 0.1) is 6.92 Å². The highest BCUT2D eigenvalue weighted by atomic mass is 16.5. The van der Waals surface area contributed by atoms with Crippen LogP contribution >= 0.6 is 0 Å². The lowest BCUT2D eigenvalue weighted by molar-refractivity contribution is -0.135. The Hall–Kier alpha value is -2.68. The quantitative estimate of drug-likeness (QED) is 0.626. The van der Waals surface area contributed by atoms with Crippen LogP contribution in [0.1, 0.15) is 27.0 Å². The van der Waals surface area contributed by atoms with Gasteiger partial charge in [0.25, 0.3) is 0 Å². The smallest absolute Gasteiger partial charge is 0.342 e. The zero-order chi connectivity index (χ0) is 15.0. The summed E-state index contributed by atoms with van der Waals surface area (Å²) in [4.78, 5) is 24.5. The number of ketones is 1. The first-order valence-electron chi connectivity index (χ1n) is 6.67. The molecule has 0 radical (unpaired) electrons. The van der Waals surface area contributed by atoms with E-state index in [0.717, 1.165) is 16.7 Å². The van der Waals surface area contributed by atoms with Gasteiger partial charge in [0.2, 0.25) is 5.78 Å². The third kappa shape index (κ3) is 2.07. The maximum Gasteiger partial charge on any atom is 0.342 e. The molecule has 0 amide bonds. The van der Waals surface area contributed by atoms with Crippen molar-refractivity contribution >= 4 is 17.3 Å². The Morgan fingerprint density at radius 3 is 2.19 bits per heavy atom. The second kappa shape index (κ2) is 5.02. The van der Waals surface area contributed by atoms with Gasteiger partial charge in [-0.25, -0.2) is 4.79 Å². The number of fused-ring (bicyclic) bond motifs is 1. The number of hydrogen-bond acceptors (Lipinski definition) is 3. The minimum atomic E-state index is -0.591. The predicted octanol–water partition coefficient (Wildman–Crippen LogP) is 3.17. The van der Waals surface area contributed by atoms with E-state index in [2.05, 4.69) is 0 Å². The molecule has 2 aromatic carbocycles. The molecule has 0 saturated carbocycles. The Bertz CT molecular complexity index is 767. The fourth-order valence-corrected chi connectivity index (χ4v) is 2.60. The van der Waals surface area contributed by atoms with Crippen LogP contribution in [0.2, 0.25) is 0 Å². The first-order chi connectivity index (χ1) is 10.1. The summed E-state index contributed by atoms with van der Waals surface area (Å²) < 4.78 is 4.79. The van der Waals surface area contributed by atoms with Gasteiger partial charge in [0, 0.05) is 11.1 Å². The molecule has 0 saturated heterocycles. The molecule has 1 aliphatic rings. The minimum Gasteiger partial charge on any atom is -0.465 e. The summed E-state index contributed by atoms with van der Waals surface area (Å²) in [6.45, 7) is 1.99. The van der Waals surface area contributed by atoms with E-state index in [0.29, 0.717) is 11.1 Å². The van der Waals surface area contributed by atoms with E-state index in [-0.39, 0.29) is 11.4 Å². The van der Waals surface area contributed by atoms with Crippen molar-refractivity contribution in [3.8, 4) is 0 Å². The number of esters is 1. The Morgan fingerprint density at radius 2 is 1.57 bits per heavy atom. The van der Waals surface area contributed by atoms with Crippen molar-refractivity contribution in [2.24, 2.45) is 0 Å². The highest BCUT2D eigenvalue weighted by molar-refractivity contribution is 6.35. The van der Waals surface area contributed by atoms with Crippen LogP contribution in [0.5, 0.6) is 0 Å². The fraction of sp³-hybridized carbons (Fsp3) is 0.111. The molecule has 3 heteroatoms. The molecule has 0 unspecified atom stereocenters. The van der Waals surface area contributed by atoms with E-state index in [1.165, 1.54) is 7.11 Å². The fourth-order valence-electron chi connectivity index (χ4n) is 2.60. The largest absolute Gasteiger partial charge is 0.465 e. The molecule has 0 bridgehead atoms. The van der Waals surface area contributed by atoms with Crippen molar-refractivity contribution in [2.75, 3.05) is 7.11 Å². The lowest BCUT2D eigenvalue weighted by Gasteiger charge is -2.07. The van der Waals surface area contributed by atoms with Crippen LogP contribution in [-0.4, -0.2) is 18.9 Å². The molecule has 1 aliphatic carbocycles. The third-order valence-electron chi connectivity index (χ3n) is 3.65. The highest BCUT2D eigenvalue weighted by Gasteiger charge is 2.34. The molecule has 3 nitrogen and oxygen atoms in total. The SMILES string of the molecule is COC(=O)C1=C(c2ccc(C)cc2)c2ccccc2C1=O. The van der Waals surface area contributed by atoms with Gasteiger partial charge in [-0.3, -0.25) is 4.79 Å². The lowest BCUT2D eigenvalue weighted by Crippen LogP contribution is -2.12. The van der Waals surface area contributed by atoms with Crippen molar-refractivity contribution in [1.82, 2.24) is 0 Å². The summed E-state index contributed by atoms with van der Waals surface area (Å²) in [6.07, 6.45) is 0. The Labute approximate surface area is 122 Å². The number of benzene rings is 2. The van der Waals surface area contributed by atoms with E-state index in [4.69, 9.17) is 4.74 Å². The van der Waals surface area contributed by atoms with Crippen LogP contribution in [0.15, 0.2) is 54.1 Å². The number of rotatable bonds is 2. The number of methoxy groups -OCH3 is 1. The summed E-state index contributed by atoms with van der Waals surface area (Å²) in [5.74, 6) is -0.861. The van der Waals surface area contributed by atoms with Crippen LogP contribution in [-0.2, 0) is 9.53 Å². The van der Waals surface area contributed by atoms with Gasteiger partial charge < -0.3 is 4.74 Å². The van der Waals surface area contributed by atoms with Crippen LogP contribution in [0.4, 0.5) is 0 Å². The van der Waals surface area contributed by atoms with E-state index >= 15 is 0 Å². The Kier molecular flexibility index (Phi) is 3.18. The molecular weight excluding hydrogens is 264 g/mol. The van der Waals surface area contributed by atoms with E-state index in [1.807, 2.05) is 43.3 Å². The van der Waals surface area contributed by atoms with Crippen molar-refractivity contribution in [3.63, 3.8) is 0 Å². The summed E-state index contributed by atoms with van der Waals surface area (Å²) >= 11 is 0. The molecule has 0 aromatic heterocycles. The second-order valence-corrected chi connectivity index (χ2v) is 4.98. The van der Waals surface area contributed by atoms with E-state index in [9.17, 15) is 9.59 Å². The normalized spacial score (nSPS) is 13.3. The lowest BCUT2D eigenvalue weighted by atomic mass is 9.97. The van der Waals surface area contributed by atoms with Crippen molar-refractivity contribution in [2.45, 2.75) is 6.92 Å². The maximum atomic E-state index is 12.5. The Balaban J connectivity index is 2.28. The van der Waals surface area contributed by atoms with Crippen molar-refractivity contribution in [3.05, 3.63) is 76.4 Å². The van der Waals surface area contributed by atoms with Gasteiger partial charge in [-0.2, -0.15) is 0 Å². The number of aryl methyl sites for hydroxylation is 1. The molecule has 0 aliphatic heterocycles. The first-order valence-corrected chi connectivity index (χ1v) is 6.67. The van der Waals surface area contributed by atoms with E-state index in [1.54, 1.807) is 12.1 Å². The first kappa shape index (κ1) is 13.3. The average Bonchev–Trinajstić information content (AvgIpc) is 2.81. The van der Waals surface area contributed by atoms with Crippen LogP contribution in [0.3, 0.4) is 0 Å². The monoisotopic (exact) mass is 278 g/mol. The topological polar surface area (TPSA) is 43.4 Å². The molecule has 104 valence electrons. The molecule has 0 spiro atoms. The molecule has 21 heavy (non-hydrogen) atoms. The van der Waals surface area contributed by atoms with Crippen LogP contribution in [0.25, 0.3) is 5.57 Å². The molecule has 0 atom stereocenters. The minimum absolute atomic E-state index is 0.113. The zero-order valence-electron chi connectivity index (χ0n) is 11.8. The summed E-state index contributed by atoms with van der Waals surface area (Å²) in [5, 5.41) is 0. The Morgan fingerprint density at radius 1 is 0.952 bits per heavy atom. The van der Waals surface area contributed by atoms with Crippen LogP contribution < -0.4 is 0 Å². The standard InChI is InChI=1S/C18H14O3/c1-11-7-9-12(10-8-11)15-13-5-3-4-6-14(13)17(19)16(15)18(20)21-2/h3-10H,1-2H3. The molecule has 0 heterocycles. The number of hydrogen-bond donors (Lipinski definition) is 0. The molecule has 3 rings (SSSR count). The van der Waals surface area contributed by atoms with Gasteiger partial charge in [-0.05, 0) is 18.1 Å². The summed E-state index contributed by atoms with van der Waals surface area (Å²) in [5.41, 5.74) is 4.07. The number of ether oxygens (including phenoxy) is 1. The van der Waals surface area contributed by atoms with Gasteiger partial charge in [0.15, 0.2) is 0 Å². The van der Waals surface area contributed by atoms with E-state index < -0.39 is 5.97 Å². The maximum absolute atomic E-state index is 12.5. The summed E-state index contributed by atoms with van der Waals surface area (Å²) in [7, 11) is 1.29. The number of carbonyl (C=O) groups is 2. The number of Topliss-reactive ketones (excluding diaryl/α,β-unsaturated/α-hetero) is 1. The van der Waals surface area contributed by atoms with Gasteiger partial charge in [0.05, 0.1) is 7.11 Å². The van der Waals surface area contributed by atoms with Gasteiger partial charge in [0.1, 0.15) is 5.57 Å². The van der Waals surface area contributed by atoms with Crippen molar-refractivity contribution in [1.29, 1.82) is 0 Å². The van der Waals surface area contributed by atoms with Gasteiger partial charge in [-0.15, -0.1) is 0 Å². The highest BCUT2D eigenvalue weighted by Crippen LogP contribution is 2.37. The summed E-state index contributed by atoms with van der Waals surface area (Å²) in [6, 6.07) is 15.0. The predicted molar refractivity (Wildman–Crippen MR) is 80.0 cm³/mol. The zero-order valence-corrected chi connectivity index (χ0v) is 11.8. The van der Waals surface area contributed by atoms with Gasteiger partial charge in [-0.1, -0.05) is 54.1 Å². The molecular formula is C18H14O3. The van der Waals surface area contributed by atoms with Crippen molar-refractivity contribution < 1.29 is 14.3 Å². The third-order valence-corrected chi connectivity index (χ3v) is 3.65. The average molecular weight is 278 g/mol. The number of carbonyl (C=O) groups excluding carboxylic acids is 2.